The van der Waals surface area contributed by atoms with Gasteiger partial charge in [-0.2, -0.15) is 5.26 Å². The lowest BCUT2D eigenvalue weighted by Gasteiger charge is -2.40. The van der Waals surface area contributed by atoms with Gasteiger partial charge < -0.3 is 9.80 Å². The molecule has 2 saturated heterocycles. The van der Waals surface area contributed by atoms with E-state index in [1.165, 1.54) is 12.8 Å². The van der Waals surface area contributed by atoms with Crippen molar-refractivity contribution in [2.45, 2.75) is 25.8 Å². The first kappa shape index (κ1) is 16.3. The fourth-order valence-electron chi connectivity index (χ4n) is 4.10. The van der Waals surface area contributed by atoms with Crippen LogP contribution in [0.3, 0.4) is 0 Å². The van der Waals surface area contributed by atoms with Gasteiger partial charge in [0.1, 0.15) is 17.7 Å². The quantitative estimate of drug-likeness (QED) is 0.775. The number of anilines is 2. The predicted octanol–water partition coefficient (Wildman–Crippen LogP) is 3.52. The van der Waals surface area contributed by atoms with Crippen LogP contribution < -0.4 is 9.80 Å². The number of hydrogen-bond donors (Lipinski definition) is 0. The van der Waals surface area contributed by atoms with Gasteiger partial charge in [-0.15, -0.1) is 0 Å². The van der Waals surface area contributed by atoms with Crippen molar-refractivity contribution in [3.63, 3.8) is 0 Å². The molecule has 0 aliphatic carbocycles. The number of rotatable bonds is 2. The van der Waals surface area contributed by atoms with Crippen LogP contribution in [0.25, 0.3) is 0 Å². The van der Waals surface area contributed by atoms with Crippen LogP contribution in [-0.2, 0) is 0 Å². The Hall–Kier alpha value is -2.13. The van der Waals surface area contributed by atoms with Crippen LogP contribution in [0.15, 0.2) is 34.9 Å². The van der Waals surface area contributed by atoms with Crippen LogP contribution in [0.4, 0.5) is 11.5 Å². The zero-order valence-electron chi connectivity index (χ0n) is 14.2. The Labute approximate surface area is 156 Å². The minimum absolute atomic E-state index is 0.422. The second-order valence-corrected chi connectivity index (χ2v) is 7.70. The summed E-state index contributed by atoms with van der Waals surface area (Å²) in [5.74, 6) is 2.50. The second-order valence-electron chi connectivity index (χ2n) is 6.78. The molecule has 0 amide bonds. The molecule has 2 aromatic rings. The molecule has 0 spiro atoms. The molecule has 2 atom stereocenters. The highest BCUT2D eigenvalue weighted by Gasteiger charge is 2.39. The summed E-state index contributed by atoms with van der Waals surface area (Å²) in [7, 11) is 0. The normalized spacial score (nSPS) is 22.6. The van der Waals surface area contributed by atoms with E-state index >= 15 is 0 Å². The van der Waals surface area contributed by atoms with Gasteiger partial charge in [-0.3, -0.25) is 0 Å². The molecular weight excluding hydrogens is 378 g/mol. The van der Waals surface area contributed by atoms with Gasteiger partial charge in [0, 0.05) is 36.3 Å². The lowest BCUT2D eigenvalue weighted by atomic mass is 9.92. The molecule has 2 aliphatic heterocycles. The van der Waals surface area contributed by atoms with Crippen molar-refractivity contribution in [3.8, 4) is 6.07 Å². The van der Waals surface area contributed by atoms with Crippen LogP contribution in [0.5, 0.6) is 0 Å². The number of nitriles is 1. The van der Waals surface area contributed by atoms with E-state index in [1.807, 2.05) is 31.3 Å². The van der Waals surface area contributed by atoms with Crippen LogP contribution >= 0.6 is 15.9 Å². The minimum Gasteiger partial charge on any atom is -0.365 e. The van der Waals surface area contributed by atoms with Crippen molar-refractivity contribution in [1.82, 2.24) is 9.97 Å². The molecule has 1 aromatic carbocycles. The Bertz CT molecular complexity index is 831. The van der Waals surface area contributed by atoms with Crippen molar-refractivity contribution < 1.29 is 0 Å². The van der Waals surface area contributed by atoms with E-state index in [1.54, 1.807) is 0 Å². The van der Waals surface area contributed by atoms with E-state index < -0.39 is 0 Å². The second kappa shape index (κ2) is 6.64. The van der Waals surface area contributed by atoms with Gasteiger partial charge in [0.15, 0.2) is 0 Å². The summed E-state index contributed by atoms with van der Waals surface area (Å²) in [4.78, 5) is 13.6. The molecule has 0 saturated carbocycles. The van der Waals surface area contributed by atoms with E-state index in [9.17, 15) is 5.26 Å². The lowest BCUT2D eigenvalue weighted by molar-refractivity contribution is 0.389. The van der Waals surface area contributed by atoms with E-state index in [0.717, 1.165) is 47.0 Å². The van der Waals surface area contributed by atoms with Crippen LogP contribution in [0.1, 0.15) is 24.2 Å². The van der Waals surface area contributed by atoms with Gasteiger partial charge in [0.2, 0.25) is 0 Å². The van der Waals surface area contributed by atoms with Crippen molar-refractivity contribution in [3.05, 3.63) is 46.3 Å². The van der Waals surface area contributed by atoms with Gasteiger partial charge in [0.05, 0.1) is 11.3 Å². The van der Waals surface area contributed by atoms with Gasteiger partial charge in [0.25, 0.3) is 0 Å². The van der Waals surface area contributed by atoms with Crippen molar-refractivity contribution in [2.75, 3.05) is 29.4 Å². The summed E-state index contributed by atoms with van der Waals surface area (Å²) < 4.78 is 1.02. The maximum Gasteiger partial charge on any atom is 0.132 e. The molecule has 2 aliphatic rings. The molecule has 5 nitrogen and oxygen atoms in total. The van der Waals surface area contributed by atoms with Crippen LogP contribution in [0.2, 0.25) is 0 Å². The first-order chi connectivity index (χ1) is 12.2. The molecule has 128 valence electrons. The molecule has 4 rings (SSSR count). The SMILES string of the molecule is Cc1nccc(N2CCC3CCN(c4cc(Br)ccc4C#N)C3C2)n1. The Morgan fingerprint density at radius 3 is 2.88 bits per heavy atom. The van der Waals surface area contributed by atoms with Crippen molar-refractivity contribution in [2.24, 2.45) is 5.92 Å². The maximum atomic E-state index is 9.51. The zero-order chi connectivity index (χ0) is 17.4. The highest BCUT2D eigenvalue weighted by Crippen LogP contribution is 2.38. The van der Waals surface area contributed by atoms with Gasteiger partial charge in [-0.05, 0) is 49.9 Å². The average molecular weight is 398 g/mol. The third kappa shape index (κ3) is 3.09. The average Bonchev–Trinajstić information content (AvgIpc) is 3.04. The summed E-state index contributed by atoms with van der Waals surface area (Å²) in [5, 5.41) is 9.51. The first-order valence-electron chi connectivity index (χ1n) is 8.66. The molecule has 6 heteroatoms. The number of nitrogens with zero attached hydrogens (tertiary/aromatic N) is 5. The number of aromatic nitrogens is 2. The van der Waals surface area contributed by atoms with E-state index in [0.29, 0.717) is 12.0 Å². The molecule has 2 unspecified atom stereocenters. The number of fused-ring (bicyclic) bond motifs is 1. The van der Waals surface area contributed by atoms with Gasteiger partial charge in [-0.1, -0.05) is 15.9 Å². The topological polar surface area (TPSA) is 56.1 Å². The van der Waals surface area contributed by atoms with E-state index in [4.69, 9.17) is 0 Å². The molecule has 25 heavy (non-hydrogen) atoms. The smallest absolute Gasteiger partial charge is 0.132 e. The van der Waals surface area contributed by atoms with Gasteiger partial charge >= 0.3 is 0 Å². The molecule has 1 aromatic heterocycles. The highest BCUT2D eigenvalue weighted by atomic mass is 79.9. The molecule has 0 bridgehead atoms. The third-order valence-electron chi connectivity index (χ3n) is 5.34. The van der Waals surface area contributed by atoms with Crippen LogP contribution in [0, 0.1) is 24.2 Å². The van der Waals surface area contributed by atoms with E-state index in [2.05, 4.69) is 47.8 Å². The zero-order valence-corrected chi connectivity index (χ0v) is 15.8. The molecule has 0 radical (unpaired) electrons. The minimum atomic E-state index is 0.422. The van der Waals surface area contributed by atoms with Crippen molar-refractivity contribution >= 4 is 27.4 Å². The Morgan fingerprint density at radius 1 is 1.24 bits per heavy atom. The molecule has 0 N–H and O–H groups in total. The summed E-state index contributed by atoms with van der Waals surface area (Å²) in [6, 6.07) is 10.7. The Morgan fingerprint density at radius 2 is 2.08 bits per heavy atom. The number of piperidine rings is 1. The molecule has 2 fully saturated rings. The van der Waals surface area contributed by atoms with Gasteiger partial charge in [-0.25, -0.2) is 9.97 Å². The highest BCUT2D eigenvalue weighted by molar-refractivity contribution is 9.10. The third-order valence-corrected chi connectivity index (χ3v) is 5.83. The summed E-state index contributed by atoms with van der Waals surface area (Å²) in [5.41, 5.74) is 1.80. The summed E-state index contributed by atoms with van der Waals surface area (Å²) in [6.07, 6.45) is 4.19. The molecular formula is C19H20BrN5. The lowest BCUT2D eigenvalue weighted by Crippen LogP contribution is -2.48. The molecule has 3 heterocycles. The first-order valence-corrected chi connectivity index (χ1v) is 9.46. The number of aryl methyl sites for hydroxylation is 1. The Kier molecular flexibility index (Phi) is 4.34. The fraction of sp³-hybridized carbons (Fsp3) is 0.421. The predicted molar refractivity (Wildman–Crippen MR) is 102 cm³/mol. The maximum absolute atomic E-state index is 9.51. The summed E-state index contributed by atoms with van der Waals surface area (Å²) in [6.45, 7) is 4.92. The summed E-state index contributed by atoms with van der Waals surface area (Å²) >= 11 is 3.55. The van der Waals surface area contributed by atoms with E-state index in [-0.39, 0.29) is 0 Å². The van der Waals surface area contributed by atoms with Crippen LogP contribution in [-0.4, -0.2) is 35.6 Å². The Balaban J connectivity index is 1.63. The largest absolute Gasteiger partial charge is 0.365 e. The monoisotopic (exact) mass is 397 g/mol. The number of hydrogen-bond acceptors (Lipinski definition) is 5. The fourth-order valence-corrected chi connectivity index (χ4v) is 4.45. The standard InChI is InChI=1S/C19H20BrN5/c1-13-22-7-4-19(23-13)24-8-5-14-6-9-25(18(14)12-24)17-10-16(20)3-2-15(17)11-21/h2-4,7,10,14,18H,5-6,8-9,12H2,1H3. The number of halogens is 1. The van der Waals surface area contributed by atoms with Crippen molar-refractivity contribution in [1.29, 1.82) is 5.26 Å². The number of benzene rings is 1.